The summed E-state index contributed by atoms with van der Waals surface area (Å²) in [5.74, 6) is 1.62. The molecule has 3 heterocycles. The molecule has 0 saturated carbocycles. The van der Waals surface area contributed by atoms with Crippen LogP contribution in [0.25, 0.3) is 11.5 Å². The third kappa shape index (κ3) is 2.92. The molecule has 5 heteroatoms. The lowest BCUT2D eigenvalue weighted by atomic mass is 10.1. The van der Waals surface area contributed by atoms with Gasteiger partial charge in [-0.25, -0.2) is 4.98 Å². The van der Waals surface area contributed by atoms with Crippen LogP contribution in [0.4, 0.5) is 0 Å². The van der Waals surface area contributed by atoms with E-state index in [0.29, 0.717) is 5.89 Å². The number of rotatable bonds is 4. The van der Waals surface area contributed by atoms with Crippen LogP contribution in [0.1, 0.15) is 36.0 Å². The van der Waals surface area contributed by atoms with Crippen molar-refractivity contribution in [3.63, 3.8) is 0 Å². The van der Waals surface area contributed by atoms with Crippen LogP contribution in [0.3, 0.4) is 0 Å². The average Bonchev–Trinajstić information content (AvgIpc) is 3.29. The molecule has 1 aliphatic heterocycles. The Balaban J connectivity index is 1.50. The number of hydrogen-bond acceptors (Lipinski definition) is 5. The minimum absolute atomic E-state index is 0.285. The Labute approximate surface area is 134 Å². The van der Waals surface area contributed by atoms with Crippen LogP contribution >= 0.6 is 0 Å². The van der Waals surface area contributed by atoms with E-state index in [4.69, 9.17) is 8.94 Å². The van der Waals surface area contributed by atoms with Gasteiger partial charge in [-0.15, -0.1) is 0 Å². The van der Waals surface area contributed by atoms with E-state index >= 15 is 0 Å². The molecule has 0 unspecified atom stereocenters. The molecule has 1 atom stereocenters. The predicted molar refractivity (Wildman–Crippen MR) is 85.6 cm³/mol. The quantitative estimate of drug-likeness (QED) is 0.729. The van der Waals surface area contributed by atoms with Gasteiger partial charge < -0.3 is 8.94 Å². The number of benzene rings is 1. The van der Waals surface area contributed by atoms with E-state index in [2.05, 4.69) is 15.0 Å². The van der Waals surface area contributed by atoms with Crippen LogP contribution in [-0.2, 0) is 6.54 Å². The second kappa shape index (κ2) is 6.01. The van der Waals surface area contributed by atoms with E-state index in [1.54, 1.807) is 6.26 Å². The Morgan fingerprint density at radius 2 is 2.13 bits per heavy atom. The van der Waals surface area contributed by atoms with Crippen molar-refractivity contribution >= 4 is 0 Å². The second-order valence-electron chi connectivity index (χ2n) is 6.01. The summed E-state index contributed by atoms with van der Waals surface area (Å²) >= 11 is 0. The van der Waals surface area contributed by atoms with Gasteiger partial charge in [-0.05, 0) is 38.4 Å². The van der Waals surface area contributed by atoms with Gasteiger partial charge in [0.15, 0.2) is 5.76 Å². The largest absolute Gasteiger partial charge is 0.444 e. The van der Waals surface area contributed by atoms with Gasteiger partial charge in [0.05, 0.1) is 17.4 Å². The summed E-state index contributed by atoms with van der Waals surface area (Å²) in [6.45, 7) is 3.76. The summed E-state index contributed by atoms with van der Waals surface area (Å²) < 4.78 is 11.1. The van der Waals surface area contributed by atoms with Gasteiger partial charge in [0, 0.05) is 18.2 Å². The Kier molecular flexibility index (Phi) is 3.71. The molecular weight excluding hydrogens is 290 g/mol. The highest BCUT2D eigenvalue weighted by atomic mass is 16.5. The first-order valence-electron chi connectivity index (χ1n) is 7.97. The maximum atomic E-state index is 5.63. The normalized spacial score (nSPS) is 18.6. The van der Waals surface area contributed by atoms with Crippen LogP contribution in [0.2, 0.25) is 0 Å². The van der Waals surface area contributed by atoms with Crippen LogP contribution in [-0.4, -0.2) is 21.6 Å². The Bertz CT molecular complexity index is 778. The molecule has 1 aromatic carbocycles. The van der Waals surface area contributed by atoms with Gasteiger partial charge in [-0.1, -0.05) is 23.4 Å². The van der Waals surface area contributed by atoms with Gasteiger partial charge in [0.1, 0.15) is 6.26 Å². The van der Waals surface area contributed by atoms with E-state index in [1.807, 2.05) is 43.3 Å². The first-order valence-corrected chi connectivity index (χ1v) is 7.97. The molecule has 23 heavy (non-hydrogen) atoms. The van der Waals surface area contributed by atoms with Crippen molar-refractivity contribution in [3.05, 3.63) is 59.8 Å². The standard InChI is InChI=1S/C18H19N3O2/c1-13-10-17(23-20-13)16-8-5-9-21(16)11-15-12-22-18(19-15)14-6-3-2-4-7-14/h2-4,6-7,10,12,16H,5,8-9,11H2,1H3/t16-/m0/s1. The van der Waals surface area contributed by atoms with E-state index in [1.165, 1.54) is 0 Å². The lowest BCUT2D eigenvalue weighted by Gasteiger charge is -2.20. The van der Waals surface area contributed by atoms with E-state index in [9.17, 15) is 0 Å². The van der Waals surface area contributed by atoms with Crippen molar-refractivity contribution in [1.82, 2.24) is 15.0 Å². The number of likely N-dealkylation sites (tertiary alicyclic amines) is 1. The molecule has 0 amide bonds. The van der Waals surface area contributed by atoms with Crippen molar-refractivity contribution in [1.29, 1.82) is 0 Å². The Morgan fingerprint density at radius 3 is 2.91 bits per heavy atom. The first-order chi connectivity index (χ1) is 11.3. The smallest absolute Gasteiger partial charge is 0.226 e. The average molecular weight is 309 g/mol. The third-order valence-corrected chi connectivity index (χ3v) is 4.28. The highest BCUT2D eigenvalue weighted by Crippen LogP contribution is 2.33. The Hall–Kier alpha value is -2.40. The zero-order chi connectivity index (χ0) is 15.6. The lowest BCUT2D eigenvalue weighted by Crippen LogP contribution is -2.22. The molecule has 1 saturated heterocycles. The maximum Gasteiger partial charge on any atom is 0.226 e. The number of hydrogen-bond donors (Lipinski definition) is 0. The van der Waals surface area contributed by atoms with Gasteiger partial charge in [-0.2, -0.15) is 0 Å². The molecule has 1 aliphatic rings. The first kappa shape index (κ1) is 14.2. The molecule has 1 fully saturated rings. The van der Waals surface area contributed by atoms with Crippen molar-refractivity contribution in [3.8, 4) is 11.5 Å². The molecular formula is C18H19N3O2. The second-order valence-corrected chi connectivity index (χ2v) is 6.01. The molecule has 2 aromatic heterocycles. The molecule has 0 N–H and O–H groups in total. The zero-order valence-corrected chi connectivity index (χ0v) is 13.1. The fraction of sp³-hybridized carbons (Fsp3) is 0.333. The summed E-state index contributed by atoms with van der Waals surface area (Å²) in [6.07, 6.45) is 4.01. The highest BCUT2D eigenvalue weighted by molar-refractivity contribution is 5.52. The number of nitrogens with zero attached hydrogens (tertiary/aromatic N) is 3. The van der Waals surface area contributed by atoms with Gasteiger partial charge >= 0.3 is 0 Å². The molecule has 0 aliphatic carbocycles. The minimum Gasteiger partial charge on any atom is -0.444 e. The van der Waals surface area contributed by atoms with E-state index < -0.39 is 0 Å². The van der Waals surface area contributed by atoms with Crippen molar-refractivity contribution in [2.45, 2.75) is 32.4 Å². The minimum atomic E-state index is 0.285. The SMILES string of the molecule is Cc1cc([C@@H]2CCCN2Cc2coc(-c3ccccc3)n2)on1. The lowest BCUT2D eigenvalue weighted by molar-refractivity contribution is 0.204. The topological polar surface area (TPSA) is 55.3 Å². The molecule has 0 bridgehead atoms. The van der Waals surface area contributed by atoms with E-state index in [0.717, 1.165) is 48.6 Å². The summed E-state index contributed by atoms with van der Waals surface area (Å²) in [7, 11) is 0. The summed E-state index contributed by atoms with van der Waals surface area (Å²) in [5.41, 5.74) is 2.88. The Morgan fingerprint density at radius 1 is 1.26 bits per heavy atom. The number of aromatic nitrogens is 2. The zero-order valence-electron chi connectivity index (χ0n) is 13.1. The van der Waals surface area contributed by atoms with Crippen LogP contribution < -0.4 is 0 Å². The molecule has 5 nitrogen and oxygen atoms in total. The summed E-state index contributed by atoms with van der Waals surface area (Å²) in [5, 5.41) is 4.01. The monoisotopic (exact) mass is 309 g/mol. The van der Waals surface area contributed by atoms with Crippen molar-refractivity contribution in [2.75, 3.05) is 6.54 Å². The van der Waals surface area contributed by atoms with Gasteiger partial charge in [0.25, 0.3) is 0 Å². The fourth-order valence-electron chi connectivity index (χ4n) is 3.18. The highest BCUT2D eigenvalue weighted by Gasteiger charge is 2.29. The van der Waals surface area contributed by atoms with Crippen molar-refractivity contribution in [2.24, 2.45) is 0 Å². The van der Waals surface area contributed by atoms with Crippen LogP contribution in [0, 0.1) is 6.92 Å². The molecule has 3 aromatic rings. The van der Waals surface area contributed by atoms with Gasteiger partial charge in [0.2, 0.25) is 5.89 Å². The van der Waals surface area contributed by atoms with Crippen molar-refractivity contribution < 1.29 is 8.94 Å². The molecule has 0 radical (unpaired) electrons. The van der Waals surface area contributed by atoms with Crippen LogP contribution in [0.5, 0.6) is 0 Å². The summed E-state index contributed by atoms with van der Waals surface area (Å²) in [6, 6.07) is 12.3. The molecule has 4 rings (SSSR count). The fourth-order valence-corrected chi connectivity index (χ4v) is 3.18. The molecule has 0 spiro atoms. The van der Waals surface area contributed by atoms with E-state index in [-0.39, 0.29) is 6.04 Å². The third-order valence-electron chi connectivity index (χ3n) is 4.28. The van der Waals surface area contributed by atoms with Gasteiger partial charge in [-0.3, -0.25) is 4.90 Å². The number of aryl methyl sites for hydroxylation is 1. The summed E-state index contributed by atoms with van der Waals surface area (Å²) in [4.78, 5) is 7.00. The maximum absolute atomic E-state index is 5.63. The number of oxazole rings is 1. The molecule has 118 valence electrons. The predicted octanol–water partition coefficient (Wildman–Crippen LogP) is 3.98. The van der Waals surface area contributed by atoms with Crippen LogP contribution in [0.15, 0.2) is 51.6 Å².